The lowest BCUT2D eigenvalue weighted by molar-refractivity contribution is 0.563. The lowest BCUT2D eigenvalue weighted by atomic mass is 10.1. The van der Waals surface area contributed by atoms with Gasteiger partial charge in [0.25, 0.3) is 0 Å². The highest BCUT2D eigenvalue weighted by Gasteiger charge is 2.30. The second kappa shape index (κ2) is 4.97. The van der Waals surface area contributed by atoms with Crippen LogP contribution in [-0.2, 0) is 6.42 Å². The maximum absolute atomic E-state index is 4.60. The van der Waals surface area contributed by atoms with Crippen LogP contribution in [0.3, 0.4) is 0 Å². The lowest BCUT2D eigenvalue weighted by Crippen LogP contribution is -2.35. The molecule has 2 aromatic heterocycles. The van der Waals surface area contributed by atoms with E-state index >= 15 is 0 Å². The van der Waals surface area contributed by atoms with Crippen molar-refractivity contribution < 1.29 is 0 Å². The summed E-state index contributed by atoms with van der Waals surface area (Å²) < 4.78 is 0. The minimum atomic E-state index is 0.636. The molecule has 4 rings (SSSR count). The minimum Gasteiger partial charge on any atom is -0.354 e. The quantitative estimate of drug-likeness (QED) is 0.922. The second-order valence-corrected chi connectivity index (χ2v) is 6.97. The van der Waals surface area contributed by atoms with Crippen LogP contribution in [0, 0.1) is 0 Å². The Labute approximate surface area is 123 Å². The Bertz CT molecular complexity index is 623. The molecule has 2 aromatic rings. The van der Waals surface area contributed by atoms with Gasteiger partial charge in [0, 0.05) is 30.1 Å². The van der Waals surface area contributed by atoms with E-state index in [1.165, 1.54) is 29.5 Å². The molecule has 2 fully saturated rings. The molecule has 0 aromatic carbocycles. The average molecular weight is 288 g/mol. The Kier molecular flexibility index (Phi) is 3.11. The predicted molar refractivity (Wildman–Crippen MR) is 83.6 cm³/mol. The molecule has 20 heavy (non-hydrogen) atoms. The van der Waals surface area contributed by atoms with Gasteiger partial charge < -0.3 is 10.2 Å². The van der Waals surface area contributed by atoms with Gasteiger partial charge in [-0.1, -0.05) is 6.92 Å². The van der Waals surface area contributed by atoms with Crippen molar-refractivity contribution in [2.24, 2.45) is 0 Å². The van der Waals surface area contributed by atoms with Crippen molar-refractivity contribution in [1.29, 1.82) is 0 Å². The zero-order chi connectivity index (χ0) is 13.5. The van der Waals surface area contributed by atoms with Crippen LogP contribution in [-0.4, -0.2) is 35.1 Å². The van der Waals surface area contributed by atoms with Gasteiger partial charge in [-0.3, -0.25) is 0 Å². The second-order valence-electron chi connectivity index (χ2n) is 5.85. The van der Waals surface area contributed by atoms with Crippen molar-refractivity contribution in [3.8, 4) is 0 Å². The first-order chi connectivity index (χ1) is 9.83. The van der Waals surface area contributed by atoms with Crippen LogP contribution in [0.2, 0.25) is 0 Å². The summed E-state index contributed by atoms with van der Waals surface area (Å²) >= 11 is 1.80. The fourth-order valence-electron chi connectivity index (χ4n) is 3.45. The largest absolute Gasteiger partial charge is 0.354 e. The van der Waals surface area contributed by atoms with Crippen LogP contribution >= 0.6 is 11.3 Å². The van der Waals surface area contributed by atoms with E-state index in [0.29, 0.717) is 6.04 Å². The van der Waals surface area contributed by atoms with Crippen molar-refractivity contribution in [2.45, 2.75) is 44.7 Å². The number of hydrogen-bond donors (Lipinski definition) is 1. The van der Waals surface area contributed by atoms with E-state index in [2.05, 4.69) is 33.2 Å². The first-order valence-corrected chi connectivity index (χ1v) is 8.39. The Morgan fingerprint density at radius 1 is 1.30 bits per heavy atom. The van der Waals surface area contributed by atoms with Gasteiger partial charge >= 0.3 is 0 Å². The molecule has 0 radical (unpaired) electrons. The Balaban J connectivity index is 1.72. The number of rotatable bonds is 2. The van der Waals surface area contributed by atoms with Crippen LogP contribution in [0.25, 0.3) is 10.2 Å². The van der Waals surface area contributed by atoms with Crippen molar-refractivity contribution in [3.05, 3.63) is 17.3 Å². The summed E-state index contributed by atoms with van der Waals surface area (Å²) in [4.78, 5) is 14.0. The van der Waals surface area contributed by atoms with Crippen LogP contribution in [0.5, 0.6) is 0 Å². The normalized spacial score (nSPS) is 26.1. The van der Waals surface area contributed by atoms with E-state index in [1.54, 1.807) is 17.7 Å². The standard InChI is InChI=1S/C15H20N4S/c1-2-12-7-13-14(16-9-17-15(13)20-12)19-6-5-10-3-4-11(8-19)18-10/h7,9-11,18H,2-6,8H2,1H3. The molecule has 4 heterocycles. The third-order valence-electron chi connectivity index (χ3n) is 4.53. The summed E-state index contributed by atoms with van der Waals surface area (Å²) in [6.45, 7) is 4.39. The van der Waals surface area contributed by atoms with Crippen molar-refractivity contribution in [2.75, 3.05) is 18.0 Å². The van der Waals surface area contributed by atoms with Crippen molar-refractivity contribution in [3.63, 3.8) is 0 Å². The Morgan fingerprint density at radius 3 is 3.10 bits per heavy atom. The first kappa shape index (κ1) is 12.5. The zero-order valence-electron chi connectivity index (χ0n) is 11.8. The summed E-state index contributed by atoms with van der Waals surface area (Å²) in [5.74, 6) is 1.14. The summed E-state index contributed by atoms with van der Waals surface area (Å²) in [6, 6.07) is 3.64. The molecule has 2 saturated heterocycles. The summed E-state index contributed by atoms with van der Waals surface area (Å²) in [6.07, 6.45) is 6.68. The SMILES string of the molecule is CCc1cc2c(N3CCC4CCC(C3)N4)ncnc2s1. The Morgan fingerprint density at radius 2 is 2.20 bits per heavy atom. The molecule has 0 amide bonds. The van der Waals surface area contributed by atoms with Gasteiger partial charge in [0.2, 0.25) is 0 Å². The third kappa shape index (κ3) is 2.09. The number of hydrogen-bond acceptors (Lipinski definition) is 5. The average Bonchev–Trinajstić information content (AvgIpc) is 3.01. The monoisotopic (exact) mass is 288 g/mol. The molecule has 5 heteroatoms. The molecule has 2 bridgehead atoms. The van der Waals surface area contributed by atoms with Gasteiger partial charge in [0.1, 0.15) is 17.0 Å². The van der Waals surface area contributed by atoms with Crippen LogP contribution in [0.15, 0.2) is 12.4 Å². The molecular weight excluding hydrogens is 268 g/mol. The van der Waals surface area contributed by atoms with Gasteiger partial charge in [0.05, 0.1) is 5.39 Å². The maximum Gasteiger partial charge on any atom is 0.140 e. The van der Waals surface area contributed by atoms with Gasteiger partial charge in [-0.25, -0.2) is 9.97 Å². The highest BCUT2D eigenvalue weighted by atomic mass is 32.1. The van der Waals surface area contributed by atoms with Gasteiger partial charge in [0.15, 0.2) is 0 Å². The number of thiophene rings is 1. The van der Waals surface area contributed by atoms with E-state index in [4.69, 9.17) is 0 Å². The van der Waals surface area contributed by atoms with Crippen LogP contribution in [0.1, 0.15) is 31.1 Å². The number of aryl methyl sites for hydroxylation is 1. The Hall–Kier alpha value is -1.20. The molecular formula is C15H20N4S. The molecule has 106 valence electrons. The van der Waals surface area contributed by atoms with E-state index in [0.717, 1.165) is 36.2 Å². The summed E-state index contributed by atoms with van der Waals surface area (Å²) in [7, 11) is 0. The fraction of sp³-hybridized carbons (Fsp3) is 0.600. The topological polar surface area (TPSA) is 41.0 Å². The number of nitrogens with one attached hydrogen (secondary N) is 1. The van der Waals surface area contributed by atoms with E-state index in [9.17, 15) is 0 Å². The summed E-state index contributed by atoms with van der Waals surface area (Å²) in [5.41, 5.74) is 0. The van der Waals surface area contributed by atoms with Crippen molar-refractivity contribution in [1.82, 2.24) is 15.3 Å². The lowest BCUT2D eigenvalue weighted by Gasteiger charge is -2.25. The van der Waals surface area contributed by atoms with E-state index in [1.807, 2.05) is 0 Å². The minimum absolute atomic E-state index is 0.636. The molecule has 2 atom stereocenters. The molecule has 2 aliphatic rings. The number of nitrogens with zero attached hydrogens (tertiary/aromatic N) is 3. The van der Waals surface area contributed by atoms with Crippen LogP contribution in [0.4, 0.5) is 5.82 Å². The predicted octanol–water partition coefficient (Wildman–Crippen LogP) is 2.58. The molecule has 2 aliphatic heterocycles. The van der Waals surface area contributed by atoms with Gasteiger partial charge in [-0.15, -0.1) is 11.3 Å². The van der Waals surface area contributed by atoms with Crippen molar-refractivity contribution >= 4 is 27.4 Å². The molecule has 0 spiro atoms. The van der Waals surface area contributed by atoms with Gasteiger partial charge in [-0.05, 0) is 31.7 Å². The fourth-order valence-corrected chi connectivity index (χ4v) is 4.38. The number of fused-ring (bicyclic) bond motifs is 3. The summed E-state index contributed by atoms with van der Waals surface area (Å²) in [5, 5.41) is 4.98. The van der Waals surface area contributed by atoms with E-state index < -0.39 is 0 Å². The maximum atomic E-state index is 4.60. The van der Waals surface area contributed by atoms with E-state index in [-0.39, 0.29) is 0 Å². The zero-order valence-corrected chi connectivity index (χ0v) is 12.6. The smallest absolute Gasteiger partial charge is 0.140 e. The molecule has 0 saturated carbocycles. The molecule has 4 nitrogen and oxygen atoms in total. The highest BCUT2D eigenvalue weighted by Crippen LogP contribution is 2.32. The highest BCUT2D eigenvalue weighted by molar-refractivity contribution is 7.18. The third-order valence-corrected chi connectivity index (χ3v) is 5.72. The molecule has 0 aliphatic carbocycles. The van der Waals surface area contributed by atoms with Gasteiger partial charge in [-0.2, -0.15) is 0 Å². The molecule has 2 unspecified atom stereocenters. The van der Waals surface area contributed by atoms with Crippen LogP contribution < -0.4 is 10.2 Å². The molecule has 1 N–H and O–H groups in total. The number of aromatic nitrogens is 2. The number of anilines is 1. The first-order valence-electron chi connectivity index (χ1n) is 7.58.